The summed E-state index contributed by atoms with van der Waals surface area (Å²) in [5, 5.41) is 21.4. The molecule has 11 nitrogen and oxygen atoms in total. The number of nitrogens with two attached hydrogens (primary N) is 1. The third-order valence-electron chi connectivity index (χ3n) is 7.25. The monoisotopic (exact) mass is 510 g/mol. The Kier molecular flexibility index (Phi) is 5.96. The number of hydrogen-bond acceptors (Lipinski definition) is 8. The zero-order valence-electron chi connectivity index (χ0n) is 18.7. The van der Waals surface area contributed by atoms with E-state index in [0.717, 1.165) is 36.0 Å². The quantitative estimate of drug-likeness (QED) is 0.246. The minimum absolute atomic E-state index is 0.0267. The summed E-state index contributed by atoms with van der Waals surface area (Å²) in [5.74, 6) is -1.82. The molecule has 0 bridgehead atoms. The fraction of sp³-hybridized carbons (Fsp3) is 0.619. The molecule has 4 atom stereocenters. The van der Waals surface area contributed by atoms with E-state index >= 15 is 0 Å². The molecular weight excluding hydrogens is 482 g/mol. The topological polar surface area (TPSA) is 153 Å². The molecule has 34 heavy (non-hydrogen) atoms. The van der Waals surface area contributed by atoms with Crippen molar-refractivity contribution in [1.29, 1.82) is 0 Å². The molecule has 5 heterocycles. The molecule has 0 aromatic heterocycles. The van der Waals surface area contributed by atoms with Gasteiger partial charge in [0.25, 0.3) is 11.8 Å². The van der Waals surface area contributed by atoms with Crippen molar-refractivity contribution < 1.29 is 33.9 Å². The number of nitrogens with zero attached hydrogens (tertiary/aromatic N) is 3. The van der Waals surface area contributed by atoms with Crippen LogP contribution < -0.4 is 11.1 Å². The molecule has 3 amide bonds. The number of carbonyl (C=O) groups excluding carboxylic acids is 3. The highest BCUT2D eigenvalue weighted by Gasteiger charge is 2.56. The Bertz CT molecular complexity index is 1040. The maximum absolute atomic E-state index is 13.1. The van der Waals surface area contributed by atoms with Crippen molar-refractivity contribution in [2.75, 3.05) is 44.8 Å². The number of β-lactam (4-membered cyclic amide) rings is 2. The fourth-order valence-corrected chi connectivity index (χ4v) is 8.07. The Morgan fingerprint density at radius 3 is 2.32 bits per heavy atom. The van der Waals surface area contributed by atoms with Gasteiger partial charge in [-0.1, -0.05) is 0 Å². The second-order valence-electron chi connectivity index (χ2n) is 9.60. The summed E-state index contributed by atoms with van der Waals surface area (Å²) < 4.78 is 0.767. The van der Waals surface area contributed by atoms with Gasteiger partial charge in [-0.15, -0.1) is 23.5 Å². The number of aliphatic carboxylic acids is 1. The number of carboxylic acid groups (broad SMARTS) is 1. The summed E-state index contributed by atoms with van der Waals surface area (Å²) in [6, 6.07) is -1.61. The van der Waals surface area contributed by atoms with E-state index in [2.05, 4.69) is 12.4 Å². The van der Waals surface area contributed by atoms with E-state index in [0.29, 0.717) is 23.6 Å². The van der Waals surface area contributed by atoms with Crippen molar-refractivity contribution in [2.45, 2.75) is 35.7 Å². The van der Waals surface area contributed by atoms with Crippen molar-refractivity contribution in [1.82, 2.24) is 15.1 Å². The molecule has 0 aliphatic carbocycles. The van der Waals surface area contributed by atoms with Crippen LogP contribution >= 0.6 is 23.5 Å². The van der Waals surface area contributed by atoms with Gasteiger partial charge in [0.05, 0.1) is 26.7 Å². The molecule has 0 saturated carbocycles. The van der Waals surface area contributed by atoms with E-state index in [9.17, 15) is 29.4 Å². The van der Waals surface area contributed by atoms with Crippen molar-refractivity contribution in [3.63, 3.8) is 0 Å². The number of rotatable bonds is 6. The summed E-state index contributed by atoms with van der Waals surface area (Å²) in [6.45, 7) is 2.16. The molecule has 0 spiro atoms. The Hall–Kier alpha value is -2.06. The first-order valence-electron chi connectivity index (χ1n) is 11.2. The van der Waals surface area contributed by atoms with Gasteiger partial charge in [-0.3, -0.25) is 24.2 Å². The SMILES string of the molecule is C[N+]1(CC2=C(C(=O)O)N3C(=O)C(NC(=O)C4=C(CO)CSC5C(N)C(=O)N45)C3SC2)CCCC1. The molecule has 5 N–H and O–H groups in total. The number of hydrogen-bond donors (Lipinski definition) is 4. The molecule has 0 aromatic rings. The number of carboxylic acids is 1. The van der Waals surface area contributed by atoms with Gasteiger partial charge in [0, 0.05) is 29.9 Å². The number of fused-ring (bicyclic) bond motifs is 2. The van der Waals surface area contributed by atoms with Crippen molar-refractivity contribution >= 4 is 47.2 Å². The Balaban J connectivity index is 1.35. The Labute approximate surface area is 204 Å². The second-order valence-corrected chi connectivity index (χ2v) is 11.8. The van der Waals surface area contributed by atoms with Gasteiger partial charge in [0.15, 0.2) is 0 Å². The van der Waals surface area contributed by atoms with E-state index in [1.165, 1.54) is 33.3 Å². The van der Waals surface area contributed by atoms with Crippen molar-refractivity contribution in [2.24, 2.45) is 5.73 Å². The highest BCUT2D eigenvalue weighted by Crippen LogP contribution is 2.43. The summed E-state index contributed by atoms with van der Waals surface area (Å²) in [7, 11) is 2.11. The second kappa shape index (κ2) is 8.55. The van der Waals surface area contributed by atoms with E-state index in [1.54, 1.807) is 0 Å². The molecular formula is C21H28N5O6S2+. The number of amides is 3. The molecule has 13 heteroatoms. The maximum Gasteiger partial charge on any atom is 0.352 e. The van der Waals surface area contributed by atoms with Crippen LogP contribution in [0.1, 0.15) is 12.8 Å². The summed E-state index contributed by atoms with van der Waals surface area (Å²) >= 11 is 2.82. The number of aliphatic hydroxyl groups is 1. The van der Waals surface area contributed by atoms with Crippen LogP contribution in [0.5, 0.6) is 0 Å². The summed E-state index contributed by atoms with van der Waals surface area (Å²) in [5.41, 5.74) is 7.06. The van der Waals surface area contributed by atoms with Crippen LogP contribution in [0.4, 0.5) is 0 Å². The first-order valence-corrected chi connectivity index (χ1v) is 13.3. The highest BCUT2D eigenvalue weighted by atomic mass is 32.2. The average molecular weight is 511 g/mol. The molecule has 0 radical (unpaired) electrons. The average Bonchev–Trinajstić information content (AvgIpc) is 3.25. The fourth-order valence-electron chi connectivity index (χ4n) is 5.45. The minimum Gasteiger partial charge on any atom is -0.477 e. The molecule has 184 valence electrons. The first kappa shape index (κ1) is 23.7. The van der Waals surface area contributed by atoms with Crippen molar-refractivity contribution in [3.05, 3.63) is 22.5 Å². The lowest BCUT2D eigenvalue weighted by atomic mass is 10.0. The van der Waals surface area contributed by atoms with E-state index < -0.39 is 47.8 Å². The van der Waals surface area contributed by atoms with Gasteiger partial charge in [0.1, 0.15) is 40.8 Å². The lowest BCUT2D eigenvalue weighted by Gasteiger charge is -2.51. The van der Waals surface area contributed by atoms with Crippen LogP contribution in [0.25, 0.3) is 0 Å². The van der Waals surface area contributed by atoms with Gasteiger partial charge in [-0.2, -0.15) is 0 Å². The number of nitrogens with one attached hydrogen (secondary N) is 1. The number of likely N-dealkylation sites (tertiary alicyclic amines) is 1. The zero-order valence-corrected chi connectivity index (χ0v) is 20.4. The Morgan fingerprint density at radius 1 is 1.06 bits per heavy atom. The van der Waals surface area contributed by atoms with Gasteiger partial charge < -0.3 is 25.7 Å². The normalized spacial score (nSPS) is 32.2. The summed E-state index contributed by atoms with van der Waals surface area (Å²) in [4.78, 5) is 53.2. The van der Waals surface area contributed by atoms with Crippen LogP contribution in [-0.4, -0.2) is 116 Å². The van der Waals surface area contributed by atoms with Crippen LogP contribution in [0, 0.1) is 0 Å². The predicted molar refractivity (Wildman–Crippen MR) is 125 cm³/mol. The number of carbonyl (C=O) groups is 4. The molecule has 3 fully saturated rings. The van der Waals surface area contributed by atoms with Crippen LogP contribution in [0.15, 0.2) is 22.5 Å². The predicted octanol–water partition coefficient (Wildman–Crippen LogP) is -1.55. The molecule has 5 aliphatic rings. The lowest BCUT2D eigenvalue weighted by molar-refractivity contribution is -0.893. The first-order chi connectivity index (χ1) is 16.2. The third-order valence-corrected chi connectivity index (χ3v) is 9.95. The van der Waals surface area contributed by atoms with Gasteiger partial charge in [-0.05, 0) is 5.57 Å². The number of likely N-dealkylation sites (N-methyl/N-ethyl adjacent to an activating group) is 1. The third kappa shape index (κ3) is 3.56. The Morgan fingerprint density at radius 2 is 1.68 bits per heavy atom. The van der Waals surface area contributed by atoms with Crippen LogP contribution in [-0.2, 0) is 19.2 Å². The standard InChI is InChI=1S/C21H27N5O6S2/c1-26(4-2-3-5-26)6-10-8-34-20-13(18(30)25(20)15(10)21(31)32)23-16(28)14-11(7-27)9-33-19-12(22)17(29)24(14)19/h12-13,19-20,27H,2-9,22H2,1H3,(H-,23,28,31,32)/p+1. The maximum atomic E-state index is 13.1. The van der Waals surface area contributed by atoms with E-state index in [-0.39, 0.29) is 16.8 Å². The van der Waals surface area contributed by atoms with E-state index in [4.69, 9.17) is 5.73 Å². The van der Waals surface area contributed by atoms with Gasteiger partial charge >= 0.3 is 5.97 Å². The zero-order chi connectivity index (χ0) is 24.4. The molecule has 5 rings (SSSR count). The van der Waals surface area contributed by atoms with E-state index in [1.807, 2.05) is 0 Å². The summed E-state index contributed by atoms with van der Waals surface area (Å²) in [6.07, 6.45) is 2.21. The molecule has 4 unspecified atom stereocenters. The van der Waals surface area contributed by atoms with Crippen LogP contribution in [0.2, 0.25) is 0 Å². The van der Waals surface area contributed by atoms with Crippen molar-refractivity contribution in [3.8, 4) is 0 Å². The smallest absolute Gasteiger partial charge is 0.352 e. The molecule has 0 aromatic carbocycles. The lowest BCUT2D eigenvalue weighted by Crippen LogP contribution is -2.73. The van der Waals surface area contributed by atoms with Gasteiger partial charge in [0.2, 0.25) is 5.91 Å². The number of quaternary nitrogens is 1. The van der Waals surface area contributed by atoms with Crippen LogP contribution in [0.3, 0.4) is 0 Å². The molecule has 3 saturated heterocycles. The highest BCUT2D eigenvalue weighted by molar-refractivity contribution is 8.00. The number of thioether (sulfide) groups is 2. The number of aliphatic hydroxyl groups excluding tert-OH is 1. The van der Waals surface area contributed by atoms with Gasteiger partial charge in [-0.25, -0.2) is 4.79 Å². The minimum atomic E-state index is -1.14. The largest absolute Gasteiger partial charge is 0.477 e. The molecule has 5 aliphatic heterocycles.